The molecule has 5 N–H and O–H groups in total. The van der Waals surface area contributed by atoms with Crippen molar-refractivity contribution < 1.29 is 0 Å². The van der Waals surface area contributed by atoms with E-state index >= 15 is 0 Å². The maximum atomic E-state index is 11.2. The van der Waals surface area contributed by atoms with Crippen molar-refractivity contribution >= 4 is 16.7 Å². The van der Waals surface area contributed by atoms with Crippen LogP contribution in [0.2, 0.25) is 0 Å². The van der Waals surface area contributed by atoms with Crippen molar-refractivity contribution in [3.8, 4) is 0 Å². The second-order valence-corrected chi connectivity index (χ2v) is 3.74. The van der Waals surface area contributed by atoms with Crippen LogP contribution in [0, 0.1) is 0 Å². The molecule has 2 rings (SSSR count). The van der Waals surface area contributed by atoms with E-state index in [1.807, 2.05) is 6.07 Å². The summed E-state index contributed by atoms with van der Waals surface area (Å²) in [5.74, 6) is 0. The van der Waals surface area contributed by atoms with E-state index in [0.717, 1.165) is 18.7 Å². The topological polar surface area (TPSA) is 104 Å². The van der Waals surface area contributed by atoms with Crippen LogP contribution in [0.1, 0.15) is 6.42 Å². The summed E-state index contributed by atoms with van der Waals surface area (Å²) < 4.78 is 0. The molecule has 17 heavy (non-hydrogen) atoms. The fourth-order valence-corrected chi connectivity index (χ4v) is 1.56. The van der Waals surface area contributed by atoms with Gasteiger partial charge >= 0.3 is 11.1 Å². The maximum absolute atomic E-state index is 11.2. The summed E-state index contributed by atoms with van der Waals surface area (Å²) in [4.78, 5) is 27.3. The number of rotatable bonds is 4. The van der Waals surface area contributed by atoms with Gasteiger partial charge in [0.25, 0.3) is 0 Å². The van der Waals surface area contributed by atoms with Gasteiger partial charge in [0.15, 0.2) is 0 Å². The van der Waals surface area contributed by atoms with Crippen LogP contribution in [0.5, 0.6) is 0 Å². The summed E-state index contributed by atoms with van der Waals surface area (Å²) in [6.07, 6.45) is 0.875. The van der Waals surface area contributed by atoms with E-state index in [2.05, 4.69) is 15.3 Å². The van der Waals surface area contributed by atoms with Crippen LogP contribution in [0.25, 0.3) is 11.0 Å². The summed E-state index contributed by atoms with van der Waals surface area (Å²) in [6.45, 7) is 1.40. The quantitative estimate of drug-likeness (QED) is 0.440. The van der Waals surface area contributed by atoms with Gasteiger partial charge in [0.05, 0.1) is 11.0 Å². The standard InChI is InChI=1S/C11H14N4O2/c12-4-1-5-13-7-2-3-8-9(6-7)15-11(17)10(16)14-8/h2-3,6,13H,1,4-5,12H2,(H,14,16)(H,15,17). The molecule has 1 aromatic carbocycles. The zero-order chi connectivity index (χ0) is 12.3. The molecular weight excluding hydrogens is 220 g/mol. The Bertz CT molecular complexity index is 629. The van der Waals surface area contributed by atoms with Gasteiger partial charge in [-0.1, -0.05) is 0 Å². The lowest BCUT2D eigenvalue weighted by molar-refractivity contribution is 0.874. The minimum absolute atomic E-state index is 0.604. The van der Waals surface area contributed by atoms with Gasteiger partial charge in [-0.25, -0.2) is 0 Å². The number of H-pyrrole nitrogens is 2. The lowest BCUT2D eigenvalue weighted by Gasteiger charge is -2.06. The van der Waals surface area contributed by atoms with Crippen molar-refractivity contribution in [2.24, 2.45) is 5.73 Å². The molecule has 0 bridgehead atoms. The zero-order valence-corrected chi connectivity index (χ0v) is 9.25. The van der Waals surface area contributed by atoms with Crippen LogP contribution in [0.3, 0.4) is 0 Å². The van der Waals surface area contributed by atoms with Crippen LogP contribution < -0.4 is 22.2 Å². The number of anilines is 1. The summed E-state index contributed by atoms with van der Waals surface area (Å²) in [5, 5.41) is 3.18. The third-order valence-electron chi connectivity index (χ3n) is 2.43. The van der Waals surface area contributed by atoms with Gasteiger partial charge in [0.1, 0.15) is 0 Å². The Morgan fingerprint density at radius 2 is 1.82 bits per heavy atom. The molecule has 0 aliphatic heterocycles. The van der Waals surface area contributed by atoms with E-state index in [0.29, 0.717) is 17.6 Å². The molecule has 0 unspecified atom stereocenters. The van der Waals surface area contributed by atoms with Crippen molar-refractivity contribution in [2.45, 2.75) is 6.42 Å². The number of aromatic amines is 2. The normalized spacial score (nSPS) is 10.6. The second-order valence-electron chi connectivity index (χ2n) is 3.74. The van der Waals surface area contributed by atoms with Crippen molar-refractivity contribution in [3.63, 3.8) is 0 Å². The Kier molecular flexibility index (Phi) is 3.24. The van der Waals surface area contributed by atoms with E-state index in [9.17, 15) is 9.59 Å². The van der Waals surface area contributed by atoms with Gasteiger partial charge in [0.2, 0.25) is 0 Å². The van der Waals surface area contributed by atoms with Crippen molar-refractivity contribution in [1.29, 1.82) is 0 Å². The van der Waals surface area contributed by atoms with E-state index in [1.54, 1.807) is 12.1 Å². The Hall–Kier alpha value is -2.08. The molecule has 0 aliphatic rings. The molecule has 0 spiro atoms. The largest absolute Gasteiger partial charge is 0.385 e. The predicted molar refractivity (Wildman–Crippen MR) is 67.4 cm³/mol. The Labute approximate surface area is 96.9 Å². The maximum Gasteiger partial charge on any atom is 0.314 e. The number of nitrogens with one attached hydrogen (secondary N) is 3. The molecule has 6 nitrogen and oxygen atoms in total. The highest BCUT2D eigenvalue weighted by atomic mass is 16.2. The van der Waals surface area contributed by atoms with Crippen LogP contribution in [-0.2, 0) is 0 Å². The van der Waals surface area contributed by atoms with Gasteiger partial charge in [-0.05, 0) is 31.2 Å². The molecule has 0 radical (unpaired) electrons. The number of benzene rings is 1. The predicted octanol–water partition coefficient (Wildman–Crippen LogP) is -0.0229. The third kappa shape index (κ3) is 2.54. The first kappa shape index (κ1) is 11.4. The Balaban J connectivity index is 2.33. The molecule has 0 amide bonds. The molecule has 6 heteroatoms. The lowest BCUT2D eigenvalue weighted by atomic mass is 10.2. The molecule has 0 aliphatic carbocycles. The second kappa shape index (κ2) is 4.84. The average molecular weight is 234 g/mol. The fourth-order valence-electron chi connectivity index (χ4n) is 1.56. The highest BCUT2D eigenvalue weighted by Crippen LogP contribution is 2.13. The first-order chi connectivity index (χ1) is 8.20. The van der Waals surface area contributed by atoms with Crippen molar-refractivity contribution in [2.75, 3.05) is 18.4 Å². The smallest absolute Gasteiger partial charge is 0.314 e. The molecule has 1 heterocycles. The van der Waals surface area contributed by atoms with Crippen LogP contribution in [0.15, 0.2) is 27.8 Å². The minimum atomic E-state index is -0.642. The summed E-state index contributed by atoms with van der Waals surface area (Å²) >= 11 is 0. The van der Waals surface area contributed by atoms with E-state index in [-0.39, 0.29) is 0 Å². The number of fused-ring (bicyclic) bond motifs is 1. The first-order valence-electron chi connectivity index (χ1n) is 5.41. The van der Waals surface area contributed by atoms with E-state index in [4.69, 9.17) is 5.73 Å². The van der Waals surface area contributed by atoms with Crippen LogP contribution in [-0.4, -0.2) is 23.1 Å². The summed E-state index contributed by atoms with van der Waals surface area (Å²) in [5.41, 5.74) is 6.21. The highest BCUT2D eigenvalue weighted by molar-refractivity contribution is 5.78. The number of hydrogen-bond acceptors (Lipinski definition) is 4. The highest BCUT2D eigenvalue weighted by Gasteiger charge is 2.00. The average Bonchev–Trinajstić information content (AvgIpc) is 2.31. The van der Waals surface area contributed by atoms with Gasteiger partial charge in [-0.3, -0.25) is 9.59 Å². The molecule has 2 aromatic rings. The summed E-state index contributed by atoms with van der Waals surface area (Å²) in [6, 6.07) is 5.37. The fraction of sp³-hybridized carbons (Fsp3) is 0.273. The third-order valence-corrected chi connectivity index (χ3v) is 2.43. The monoisotopic (exact) mass is 234 g/mol. The van der Waals surface area contributed by atoms with Gasteiger partial charge in [-0.15, -0.1) is 0 Å². The summed E-state index contributed by atoms with van der Waals surface area (Å²) in [7, 11) is 0. The minimum Gasteiger partial charge on any atom is -0.385 e. The van der Waals surface area contributed by atoms with Crippen molar-refractivity contribution in [1.82, 2.24) is 9.97 Å². The first-order valence-corrected chi connectivity index (χ1v) is 5.41. The Morgan fingerprint density at radius 3 is 2.53 bits per heavy atom. The molecular formula is C11H14N4O2. The Morgan fingerprint density at radius 1 is 1.12 bits per heavy atom. The van der Waals surface area contributed by atoms with Gasteiger partial charge in [0, 0.05) is 12.2 Å². The molecule has 0 atom stereocenters. The van der Waals surface area contributed by atoms with Gasteiger partial charge in [-0.2, -0.15) is 0 Å². The number of aromatic nitrogens is 2. The van der Waals surface area contributed by atoms with Gasteiger partial charge < -0.3 is 21.0 Å². The van der Waals surface area contributed by atoms with E-state index in [1.165, 1.54) is 0 Å². The molecule has 0 saturated carbocycles. The van der Waals surface area contributed by atoms with Crippen LogP contribution >= 0.6 is 0 Å². The molecule has 0 saturated heterocycles. The van der Waals surface area contributed by atoms with E-state index < -0.39 is 11.1 Å². The number of nitrogens with two attached hydrogens (primary N) is 1. The zero-order valence-electron chi connectivity index (χ0n) is 9.25. The lowest BCUT2D eigenvalue weighted by Crippen LogP contribution is -2.28. The molecule has 1 aromatic heterocycles. The SMILES string of the molecule is NCCCNc1ccc2[nH]c(=O)c(=O)[nH]c2c1. The molecule has 90 valence electrons. The molecule has 0 fully saturated rings. The van der Waals surface area contributed by atoms with Crippen molar-refractivity contribution in [3.05, 3.63) is 38.9 Å². The van der Waals surface area contributed by atoms with Crippen LogP contribution in [0.4, 0.5) is 5.69 Å². The number of hydrogen-bond donors (Lipinski definition) is 4.